The molecule has 0 aromatic rings. The molecular formula is C13H28N2. The van der Waals surface area contributed by atoms with E-state index in [0.29, 0.717) is 0 Å². The fourth-order valence-electron chi connectivity index (χ4n) is 2.40. The molecule has 90 valence electrons. The van der Waals surface area contributed by atoms with Crippen LogP contribution in [0.5, 0.6) is 0 Å². The molecule has 0 saturated heterocycles. The van der Waals surface area contributed by atoms with E-state index in [1.54, 1.807) is 0 Å². The summed E-state index contributed by atoms with van der Waals surface area (Å²) in [5.41, 5.74) is 6.02. The lowest BCUT2D eigenvalue weighted by Gasteiger charge is -2.45. The molecule has 1 aliphatic rings. The zero-order valence-corrected chi connectivity index (χ0v) is 11.1. The Labute approximate surface area is 95.2 Å². The van der Waals surface area contributed by atoms with Crippen molar-refractivity contribution in [3.8, 4) is 0 Å². The van der Waals surface area contributed by atoms with E-state index < -0.39 is 0 Å². The van der Waals surface area contributed by atoms with Gasteiger partial charge < -0.3 is 10.6 Å². The van der Waals surface area contributed by atoms with Gasteiger partial charge in [-0.1, -0.05) is 27.7 Å². The third-order valence-electron chi connectivity index (χ3n) is 3.95. The first kappa shape index (κ1) is 13.0. The van der Waals surface area contributed by atoms with Crippen molar-refractivity contribution in [1.82, 2.24) is 4.90 Å². The Balaban J connectivity index is 2.29. The van der Waals surface area contributed by atoms with Crippen molar-refractivity contribution >= 4 is 0 Å². The summed E-state index contributed by atoms with van der Waals surface area (Å²) in [4.78, 5) is 2.51. The van der Waals surface area contributed by atoms with Gasteiger partial charge in [-0.05, 0) is 43.7 Å². The number of rotatable bonds is 5. The average molecular weight is 212 g/mol. The van der Waals surface area contributed by atoms with Crippen molar-refractivity contribution in [2.24, 2.45) is 23.0 Å². The van der Waals surface area contributed by atoms with Crippen LogP contribution in [0, 0.1) is 17.3 Å². The van der Waals surface area contributed by atoms with Gasteiger partial charge in [0, 0.05) is 12.6 Å². The van der Waals surface area contributed by atoms with Gasteiger partial charge in [0.25, 0.3) is 0 Å². The topological polar surface area (TPSA) is 29.3 Å². The van der Waals surface area contributed by atoms with Crippen LogP contribution in [0.2, 0.25) is 0 Å². The minimum Gasteiger partial charge on any atom is -0.330 e. The van der Waals surface area contributed by atoms with E-state index in [1.807, 2.05) is 0 Å². The molecule has 0 amide bonds. The van der Waals surface area contributed by atoms with E-state index in [1.165, 1.54) is 12.8 Å². The molecule has 0 heterocycles. The number of hydrogen-bond acceptors (Lipinski definition) is 2. The molecule has 2 heteroatoms. The molecule has 1 rings (SSSR count). The predicted molar refractivity (Wildman–Crippen MR) is 66.8 cm³/mol. The normalized spacial score (nSPS) is 27.2. The Morgan fingerprint density at radius 1 is 1.33 bits per heavy atom. The molecule has 0 bridgehead atoms. The van der Waals surface area contributed by atoms with E-state index in [0.717, 1.165) is 31.0 Å². The van der Waals surface area contributed by atoms with Crippen LogP contribution >= 0.6 is 0 Å². The first-order valence-corrected chi connectivity index (χ1v) is 6.26. The minimum absolute atomic E-state index is 0.262. The quantitative estimate of drug-likeness (QED) is 0.758. The van der Waals surface area contributed by atoms with Crippen LogP contribution in [0.15, 0.2) is 0 Å². The summed E-state index contributed by atoms with van der Waals surface area (Å²) in [5.74, 6) is 1.82. The van der Waals surface area contributed by atoms with Crippen LogP contribution in [-0.4, -0.2) is 31.1 Å². The van der Waals surface area contributed by atoms with Gasteiger partial charge in [-0.15, -0.1) is 0 Å². The third-order valence-corrected chi connectivity index (χ3v) is 3.95. The highest BCUT2D eigenvalue weighted by molar-refractivity contribution is 4.89. The summed E-state index contributed by atoms with van der Waals surface area (Å²) in [6, 6.07) is 0.809. The van der Waals surface area contributed by atoms with Crippen molar-refractivity contribution in [1.29, 1.82) is 0 Å². The maximum Gasteiger partial charge on any atom is 0.00979 e. The second-order valence-electron chi connectivity index (χ2n) is 6.41. The van der Waals surface area contributed by atoms with Gasteiger partial charge in [0.15, 0.2) is 0 Å². The lowest BCUT2D eigenvalue weighted by Crippen LogP contribution is -2.48. The Bertz CT molecular complexity index is 193. The second kappa shape index (κ2) is 4.84. The molecular weight excluding hydrogens is 184 g/mol. The highest BCUT2D eigenvalue weighted by atomic mass is 15.1. The fraction of sp³-hybridized carbons (Fsp3) is 1.00. The number of hydrogen-bond donors (Lipinski definition) is 1. The molecule has 0 aliphatic heterocycles. The average Bonchev–Trinajstić information content (AvgIpc) is 1.99. The van der Waals surface area contributed by atoms with Crippen molar-refractivity contribution in [3.05, 3.63) is 0 Å². The smallest absolute Gasteiger partial charge is 0.00979 e. The molecule has 1 aliphatic carbocycles. The molecule has 1 fully saturated rings. The van der Waals surface area contributed by atoms with Gasteiger partial charge in [-0.2, -0.15) is 0 Å². The largest absolute Gasteiger partial charge is 0.330 e. The molecule has 0 aromatic carbocycles. The summed E-state index contributed by atoms with van der Waals surface area (Å²) >= 11 is 0. The standard InChI is InChI=1S/C13H28N2/c1-10(2)11-6-12(7-11)15(5)9-13(3,4)8-14/h10-12H,6-9,14H2,1-5H3. The van der Waals surface area contributed by atoms with E-state index in [9.17, 15) is 0 Å². The van der Waals surface area contributed by atoms with E-state index in [-0.39, 0.29) is 5.41 Å². The van der Waals surface area contributed by atoms with Gasteiger partial charge >= 0.3 is 0 Å². The Morgan fingerprint density at radius 2 is 1.87 bits per heavy atom. The van der Waals surface area contributed by atoms with Crippen molar-refractivity contribution in [2.45, 2.75) is 46.6 Å². The first-order chi connectivity index (χ1) is 6.85. The van der Waals surface area contributed by atoms with Crippen LogP contribution in [0.25, 0.3) is 0 Å². The summed E-state index contributed by atoms with van der Waals surface area (Å²) in [5, 5.41) is 0. The monoisotopic (exact) mass is 212 g/mol. The maximum atomic E-state index is 5.76. The summed E-state index contributed by atoms with van der Waals surface area (Å²) < 4.78 is 0. The minimum atomic E-state index is 0.262. The van der Waals surface area contributed by atoms with Crippen molar-refractivity contribution in [2.75, 3.05) is 20.1 Å². The number of nitrogens with two attached hydrogens (primary N) is 1. The van der Waals surface area contributed by atoms with Crippen LogP contribution in [0.1, 0.15) is 40.5 Å². The molecule has 0 radical (unpaired) electrons. The Kier molecular flexibility index (Phi) is 4.19. The third kappa shape index (κ3) is 3.46. The van der Waals surface area contributed by atoms with Crippen LogP contribution in [0.3, 0.4) is 0 Å². The second-order valence-corrected chi connectivity index (χ2v) is 6.41. The summed E-state index contributed by atoms with van der Waals surface area (Å²) in [6.07, 6.45) is 2.77. The highest BCUT2D eigenvalue weighted by Gasteiger charge is 2.35. The molecule has 1 saturated carbocycles. The van der Waals surface area contributed by atoms with E-state index >= 15 is 0 Å². The zero-order valence-electron chi connectivity index (χ0n) is 11.1. The van der Waals surface area contributed by atoms with Crippen molar-refractivity contribution < 1.29 is 0 Å². The maximum absolute atomic E-state index is 5.76. The summed E-state index contributed by atoms with van der Waals surface area (Å²) in [7, 11) is 2.25. The van der Waals surface area contributed by atoms with E-state index in [2.05, 4.69) is 39.6 Å². The lowest BCUT2D eigenvalue weighted by molar-refractivity contribution is 0.0510. The van der Waals surface area contributed by atoms with Gasteiger partial charge in [0.1, 0.15) is 0 Å². The van der Waals surface area contributed by atoms with Crippen LogP contribution in [-0.2, 0) is 0 Å². The van der Waals surface area contributed by atoms with E-state index in [4.69, 9.17) is 5.73 Å². The van der Waals surface area contributed by atoms with Gasteiger partial charge in [-0.3, -0.25) is 0 Å². The first-order valence-electron chi connectivity index (χ1n) is 6.26. The fourth-order valence-corrected chi connectivity index (χ4v) is 2.40. The zero-order chi connectivity index (χ0) is 11.6. The summed E-state index contributed by atoms with van der Waals surface area (Å²) in [6.45, 7) is 11.1. The molecule has 2 N–H and O–H groups in total. The Hall–Kier alpha value is -0.0800. The van der Waals surface area contributed by atoms with Crippen LogP contribution in [0.4, 0.5) is 0 Å². The molecule has 15 heavy (non-hydrogen) atoms. The van der Waals surface area contributed by atoms with Gasteiger partial charge in [-0.25, -0.2) is 0 Å². The predicted octanol–water partition coefficient (Wildman–Crippen LogP) is 2.34. The molecule has 0 atom stereocenters. The molecule has 0 spiro atoms. The number of nitrogens with zero attached hydrogens (tertiary/aromatic N) is 1. The molecule has 0 aromatic heterocycles. The Morgan fingerprint density at radius 3 is 2.27 bits per heavy atom. The SMILES string of the molecule is CC(C)C1CC(N(C)CC(C)(C)CN)C1. The van der Waals surface area contributed by atoms with Crippen molar-refractivity contribution in [3.63, 3.8) is 0 Å². The van der Waals surface area contributed by atoms with Crippen LogP contribution < -0.4 is 5.73 Å². The lowest BCUT2D eigenvalue weighted by atomic mass is 9.72. The highest BCUT2D eigenvalue weighted by Crippen LogP contribution is 2.37. The molecule has 0 unspecified atom stereocenters. The van der Waals surface area contributed by atoms with Gasteiger partial charge in [0.2, 0.25) is 0 Å². The molecule has 2 nitrogen and oxygen atoms in total. The van der Waals surface area contributed by atoms with Gasteiger partial charge in [0.05, 0.1) is 0 Å².